The molecule has 0 spiro atoms. The molecule has 0 aromatic heterocycles. The molecule has 1 aliphatic heterocycles. The van der Waals surface area contributed by atoms with Crippen molar-refractivity contribution in [3.63, 3.8) is 0 Å². The fraction of sp³-hybridized carbons (Fsp3) is 0.273. The van der Waals surface area contributed by atoms with Crippen LogP contribution in [0.1, 0.15) is 31.0 Å². The van der Waals surface area contributed by atoms with Gasteiger partial charge in [-0.25, -0.2) is 9.79 Å². The average molecular weight is 465 g/mol. The number of thioether (sulfide) groups is 1. The number of hydrogen-bond donors (Lipinski definition) is 1. The van der Waals surface area contributed by atoms with Crippen molar-refractivity contribution in [3.05, 3.63) is 74.9 Å². The van der Waals surface area contributed by atoms with Crippen molar-refractivity contribution in [3.8, 4) is 5.75 Å². The number of rotatable bonds is 6. The van der Waals surface area contributed by atoms with Crippen molar-refractivity contribution >= 4 is 46.1 Å². The fourth-order valence-electron chi connectivity index (χ4n) is 3.02. The van der Waals surface area contributed by atoms with Crippen molar-refractivity contribution in [1.29, 1.82) is 0 Å². The molecule has 0 amide bonds. The molecular weight excluding hydrogens is 443 g/mol. The first-order valence-corrected chi connectivity index (χ1v) is 11.1. The third-order valence-electron chi connectivity index (χ3n) is 4.52. The number of methoxy groups -OCH3 is 1. The Balaban J connectivity index is 1.90. The lowest BCUT2D eigenvalue weighted by Crippen LogP contribution is -2.30. The Kier molecular flexibility index (Phi) is 7.69. The molecule has 0 bridgehead atoms. The molecular formula is C22H22Cl2N2O3S. The molecule has 0 saturated carbocycles. The van der Waals surface area contributed by atoms with E-state index in [2.05, 4.69) is 5.32 Å². The summed E-state index contributed by atoms with van der Waals surface area (Å²) in [6.45, 7) is 3.87. The number of nitrogens with zero attached hydrogens (tertiary/aromatic N) is 1. The highest BCUT2D eigenvalue weighted by molar-refractivity contribution is 8.13. The second kappa shape index (κ2) is 10.2. The second-order valence-electron chi connectivity index (χ2n) is 6.50. The summed E-state index contributed by atoms with van der Waals surface area (Å²) in [5, 5.41) is 4.71. The second-order valence-corrected chi connectivity index (χ2v) is 8.25. The van der Waals surface area contributed by atoms with E-state index in [9.17, 15) is 4.79 Å². The number of aliphatic imine (C=N–C) groups is 1. The van der Waals surface area contributed by atoms with Crippen LogP contribution in [-0.2, 0) is 15.3 Å². The Hall–Kier alpha value is -2.15. The average Bonchev–Trinajstić information content (AvgIpc) is 2.74. The first kappa shape index (κ1) is 22.5. The van der Waals surface area contributed by atoms with E-state index < -0.39 is 12.0 Å². The van der Waals surface area contributed by atoms with Gasteiger partial charge in [-0.1, -0.05) is 59.2 Å². The quantitative estimate of drug-likeness (QED) is 0.549. The molecule has 2 aromatic rings. The first-order chi connectivity index (χ1) is 14.4. The maximum atomic E-state index is 12.7. The summed E-state index contributed by atoms with van der Waals surface area (Å²) in [4.78, 5) is 17.4. The van der Waals surface area contributed by atoms with Crippen LogP contribution in [0.5, 0.6) is 5.75 Å². The molecule has 0 radical (unpaired) electrons. The summed E-state index contributed by atoms with van der Waals surface area (Å²) in [5.41, 5.74) is 2.90. The zero-order valence-corrected chi connectivity index (χ0v) is 19.2. The number of esters is 1. The van der Waals surface area contributed by atoms with E-state index in [-0.39, 0.29) is 6.61 Å². The number of ether oxygens (including phenoxy) is 2. The van der Waals surface area contributed by atoms with Gasteiger partial charge in [0.1, 0.15) is 11.8 Å². The molecule has 0 unspecified atom stereocenters. The lowest BCUT2D eigenvalue weighted by molar-refractivity contribution is -0.138. The van der Waals surface area contributed by atoms with Crippen LogP contribution in [0.25, 0.3) is 0 Å². The Morgan fingerprint density at radius 3 is 2.60 bits per heavy atom. The van der Waals surface area contributed by atoms with Gasteiger partial charge < -0.3 is 14.8 Å². The van der Waals surface area contributed by atoms with Crippen LogP contribution >= 0.6 is 35.0 Å². The number of halogens is 2. The summed E-state index contributed by atoms with van der Waals surface area (Å²) in [6, 6.07) is 12.6. The molecule has 1 heterocycles. The van der Waals surface area contributed by atoms with Crippen LogP contribution in [-0.4, -0.2) is 24.9 Å². The van der Waals surface area contributed by atoms with Gasteiger partial charge in [0.2, 0.25) is 0 Å². The molecule has 2 aromatic carbocycles. The molecule has 1 N–H and O–H groups in total. The van der Waals surface area contributed by atoms with Crippen molar-refractivity contribution in [2.75, 3.05) is 13.7 Å². The van der Waals surface area contributed by atoms with Gasteiger partial charge in [0.05, 0.1) is 29.3 Å². The number of hydrogen-bond acceptors (Lipinski definition) is 6. The summed E-state index contributed by atoms with van der Waals surface area (Å²) in [7, 11) is 1.64. The largest absolute Gasteiger partial charge is 0.497 e. The highest BCUT2D eigenvalue weighted by Crippen LogP contribution is 2.39. The Morgan fingerprint density at radius 2 is 1.93 bits per heavy atom. The van der Waals surface area contributed by atoms with Crippen LogP contribution in [0.2, 0.25) is 10.0 Å². The predicted octanol–water partition coefficient (Wildman–Crippen LogP) is 5.77. The van der Waals surface area contributed by atoms with E-state index >= 15 is 0 Å². The molecule has 0 saturated heterocycles. The minimum atomic E-state index is -0.602. The molecule has 30 heavy (non-hydrogen) atoms. The molecule has 0 aliphatic carbocycles. The lowest BCUT2D eigenvalue weighted by Gasteiger charge is -2.26. The zero-order chi connectivity index (χ0) is 21.7. The number of nitrogens with one attached hydrogen (secondary N) is 1. The van der Waals surface area contributed by atoms with E-state index in [1.54, 1.807) is 26.2 Å². The first-order valence-electron chi connectivity index (χ1n) is 9.37. The maximum Gasteiger partial charge on any atom is 0.338 e. The zero-order valence-electron chi connectivity index (χ0n) is 16.9. The third-order valence-corrected chi connectivity index (χ3v) is 6.32. The van der Waals surface area contributed by atoms with Crippen molar-refractivity contribution in [1.82, 2.24) is 5.32 Å². The number of amidine groups is 1. The Bertz CT molecular complexity index is 990. The van der Waals surface area contributed by atoms with E-state index in [4.69, 9.17) is 37.7 Å². The normalized spacial score (nSPS) is 16.0. The Labute approximate surface area is 190 Å². The minimum Gasteiger partial charge on any atom is -0.497 e. The van der Waals surface area contributed by atoms with Crippen LogP contribution in [0.3, 0.4) is 0 Å². The van der Waals surface area contributed by atoms with E-state index in [1.165, 1.54) is 11.8 Å². The van der Waals surface area contributed by atoms with Gasteiger partial charge in [0.15, 0.2) is 5.17 Å². The van der Waals surface area contributed by atoms with Crippen LogP contribution in [0.15, 0.2) is 58.7 Å². The van der Waals surface area contributed by atoms with Gasteiger partial charge in [0, 0.05) is 17.0 Å². The van der Waals surface area contributed by atoms with E-state index in [0.29, 0.717) is 37.8 Å². The maximum absolute atomic E-state index is 12.7. The molecule has 1 aliphatic rings. The number of benzene rings is 2. The van der Waals surface area contributed by atoms with Gasteiger partial charge >= 0.3 is 5.97 Å². The summed E-state index contributed by atoms with van der Waals surface area (Å²) >= 11 is 14.2. The molecule has 8 heteroatoms. The van der Waals surface area contributed by atoms with E-state index in [0.717, 1.165) is 11.3 Å². The monoisotopic (exact) mass is 464 g/mol. The number of carbonyl (C=O) groups is 1. The smallest absolute Gasteiger partial charge is 0.338 e. The van der Waals surface area contributed by atoms with Crippen LogP contribution in [0.4, 0.5) is 0 Å². The summed E-state index contributed by atoms with van der Waals surface area (Å²) < 4.78 is 10.5. The van der Waals surface area contributed by atoms with Gasteiger partial charge in [-0.3, -0.25) is 0 Å². The van der Waals surface area contributed by atoms with Gasteiger partial charge in [-0.05, 0) is 37.6 Å². The fourth-order valence-corrected chi connectivity index (χ4v) is 4.34. The molecule has 0 fully saturated rings. The lowest BCUT2D eigenvalue weighted by atomic mass is 9.96. The van der Waals surface area contributed by atoms with Gasteiger partial charge in [-0.15, -0.1) is 0 Å². The molecule has 1 atom stereocenters. The summed E-state index contributed by atoms with van der Waals surface area (Å²) in [6.07, 6.45) is 0. The number of carbonyl (C=O) groups excluding carboxylic acids is 1. The van der Waals surface area contributed by atoms with E-state index in [1.807, 2.05) is 37.3 Å². The van der Waals surface area contributed by atoms with Crippen LogP contribution in [0, 0.1) is 0 Å². The van der Waals surface area contributed by atoms with Gasteiger partial charge in [0.25, 0.3) is 0 Å². The molecule has 5 nitrogen and oxygen atoms in total. The van der Waals surface area contributed by atoms with Crippen molar-refractivity contribution in [2.45, 2.75) is 25.6 Å². The molecule has 158 valence electrons. The molecule has 3 rings (SSSR count). The van der Waals surface area contributed by atoms with Crippen molar-refractivity contribution < 1.29 is 14.3 Å². The Morgan fingerprint density at radius 1 is 1.20 bits per heavy atom. The number of allylic oxidation sites excluding steroid dienone is 1. The standard InChI is InChI=1S/C22H22Cl2N2O3S/c1-4-29-21(27)18-13(2)25-22(30-12-14-8-10-15(28-3)11-9-14)26-20(18)16-6-5-7-17(23)19(16)24/h5-11,20H,4,12H2,1-3H3,(H,25,26)/t20-/m1/s1. The van der Waals surface area contributed by atoms with Crippen LogP contribution < -0.4 is 10.1 Å². The third kappa shape index (κ3) is 5.12. The highest BCUT2D eigenvalue weighted by atomic mass is 35.5. The van der Waals surface area contributed by atoms with Gasteiger partial charge in [-0.2, -0.15) is 0 Å². The van der Waals surface area contributed by atoms with Crippen molar-refractivity contribution in [2.24, 2.45) is 4.99 Å². The predicted molar refractivity (Wildman–Crippen MR) is 123 cm³/mol. The minimum absolute atomic E-state index is 0.272. The SMILES string of the molecule is CCOC(=O)C1=C(C)NC(SCc2ccc(OC)cc2)=N[C@@H]1c1cccc(Cl)c1Cl. The summed E-state index contributed by atoms with van der Waals surface area (Å²) in [5.74, 6) is 1.09. The highest BCUT2D eigenvalue weighted by Gasteiger charge is 2.32. The topological polar surface area (TPSA) is 59.9 Å².